The van der Waals surface area contributed by atoms with E-state index >= 15 is 0 Å². The number of hydrogen-bond acceptors (Lipinski definition) is 2. The predicted molar refractivity (Wildman–Crippen MR) is 64.2 cm³/mol. The number of aryl methyl sites for hydroxylation is 1. The van der Waals surface area contributed by atoms with Gasteiger partial charge in [0.2, 0.25) is 0 Å². The molecule has 0 aliphatic rings. The molecule has 4 heteroatoms. The average Bonchev–Trinajstić information content (AvgIpc) is 2.76. The van der Waals surface area contributed by atoms with Crippen molar-refractivity contribution in [2.75, 3.05) is 13.1 Å². The molecule has 0 aliphatic heterocycles. The van der Waals surface area contributed by atoms with Crippen LogP contribution in [0.5, 0.6) is 0 Å². The highest BCUT2D eigenvalue weighted by Crippen LogP contribution is 2.04. The summed E-state index contributed by atoms with van der Waals surface area (Å²) in [6, 6.07) is 0. The summed E-state index contributed by atoms with van der Waals surface area (Å²) in [7, 11) is 0. The lowest BCUT2D eigenvalue weighted by Gasteiger charge is -2.17. The van der Waals surface area contributed by atoms with Crippen LogP contribution in [0, 0.1) is 0 Å². The SMILES string of the molecule is C=CCN(CC=C)C(=O)c1cnn(CC)c1. The highest BCUT2D eigenvalue weighted by Gasteiger charge is 2.14. The fraction of sp³-hybridized carbons (Fsp3) is 0.333. The molecule has 0 aliphatic carbocycles. The minimum absolute atomic E-state index is 0.0421. The second-order valence-electron chi connectivity index (χ2n) is 3.37. The van der Waals surface area contributed by atoms with Gasteiger partial charge in [-0.1, -0.05) is 12.2 Å². The van der Waals surface area contributed by atoms with E-state index in [0.717, 1.165) is 6.54 Å². The van der Waals surface area contributed by atoms with Gasteiger partial charge in [-0.05, 0) is 6.92 Å². The second kappa shape index (κ2) is 5.90. The van der Waals surface area contributed by atoms with Crippen molar-refractivity contribution in [3.63, 3.8) is 0 Å². The largest absolute Gasteiger partial charge is 0.331 e. The van der Waals surface area contributed by atoms with E-state index in [1.165, 1.54) is 0 Å². The van der Waals surface area contributed by atoms with Crippen LogP contribution in [0.25, 0.3) is 0 Å². The molecule has 1 heterocycles. The molecular weight excluding hydrogens is 202 g/mol. The van der Waals surface area contributed by atoms with Crippen molar-refractivity contribution >= 4 is 5.91 Å². The number of carbonyl (C=O) groups excluding carboxylic acids is 1. The Balaban J connectivity index is 2.80. The van der Waals surface area contributed by atoms with Gasteiger partial charge in [0.15, 0.2) is 0 Å². The van der Waals surface area contributed by atoms with E-state index in [4.69, 9.17) is 0 Å². The van der Waals surface area contributed by atoms with Crippen molar-refractivity contribution in [1.82, 2.24) is 14.7 Å². The summed E-state index contributed by atoms with van der Waals surface area (Å²) in [5.74, 6) is -0.0421. The van der Waals surface area contributed by atoms with Crippen LogP contribution in [-0.2, 0) is 6.54 Å². The summed E-state index contributed by atoms with van der Waals surface area (Å²) >= 11 is 0. The Bertz CT molecular complexity index is 371. The molecule has 0 saturated heterocycles. The van der Waals surface area contributed by atoms with Crippen LogP contribution in [0.3, 0.4) is 0 Å². The quantitative estimate of drug-likeness (QED) is 0.683. The first-order valence-corrected chi connectivity index (χ1v) is 5.26. The maximum atomic E-state index is 12.0. The molecule has 86 valence electrons. The molecular formula is C12H17N3O. The minimum Gasteiger partial charge on any atom is -0.331 e. The number of nitrogens with zero attached hydrogens (tertiary/aromatic N) is 3. The van der Waals surface area contributed by atoms with Gasteiger partial charge in [-0.15, -0.1) is 13.2 Å². The van der Waals surface area contributed by atoms with Gasteiger partial charge in [-0.2, -0.15) is 5.10 Å². The van der Waals surface area contributed by atoms with Gasteiger partial charge in [0, 0.05) is 25.8 Å². The van der Waals surface area contributed by atoms with Crippen LogP contribution in [0.4, 0.5) is 0 Å². The Kier molecular flexibility index (Phi) is 4.51. The van der Waals surface area contributed by atoms with E-state index in [-0.39, 0.29) is 5.91 Å². The lowest BCUT2D eigenvalue weighted by atomic mass is 10.3. The number of aromatic nitrogens is 2. The lowest BCUT2D eigenvalue weighted by molar-refractivity contribution is 0.0791. The van der Waals surface area contributed by atoms with Crippen LogP contribution in [0.2, 0.25) is 0 Å². The molecule has 1 rings (SSSR count). The summed E-state index contributed by atoms with van der Waals surface area (Å²) in [6.45, 7) is 11.0. The summed E-state index contributed by atoms with van der Waals surface area (Å²) in [5, 5.41) is 4.08. The average molecular weight is 219 g/mol. The highest BCUT2D eigenvalue weighted by atomic mass is 16.2. The standard InChI is InChI=1S/C12H17N3O/c1-4-7-14(8-5-2)12(16)11-9-13-15(6-3)10-11/h4-5,9-10H,1-2,6-8H2,3H3. The van der Waals surface area contributed by atoms with Crippen molar-refractivity contribution in [3.05, 3.63) is 43.3 Å². The minimum atomic E-state index is -0.0421. The van der Waals surface area contributed by atoms with Crippen molar-refractivity contribution < 1.29 is 4.79 Å². The zero-order valence-electron chi connectivity index (χ0n) is 9.59. The first kappa shape index (κ1) is 12.2. The van der Waals surface area contributed by atoms with Crippen LogP contribution in [0.15, 0.2) is 37.7 Å². The van der Waals surface area contributed by atoms with E-state index in [0.29, 0.717) is 18.7 Å². The fourth-order valence-electron chi connectivity index (χ4n) is 1.38. The van der Waals surface area contributed by atoms with Gasteiger partial charge in [0.25, 0.3) is 5.91 Å². The van der Waals surface area contributed by atoms with E-state index in [9.17, 15) is 4.79 Å². The first-order valence-electron chi connectivity index (χ1n) is 5.26. The van der Waals surface area contributed by atoms with Gasteiger partial charge in [0.05, 0.1) is 11.8 Å². The predicted octanol–water partition coefficient (Wildman–Crippen LogP) is 1.72. The van der Waals surface area contributed by atoms with Gasteiger partial charge in [-0.3, -0.25) is 9.48 Å². The number of rotatable bonds is 6. The Morgan fingerprint density at radius 2 is 2.12 bits per heavy atom. The molecule has 1 aromatic heterocycles. The number of amides is 1. The molecule has 0 aromatic carbocycles. The third-order valence-electron chi connectivity index (χ3n) is 2.19. The van der Waals surface area contributed by atoms with Gasteiger partial charge in [-0.25, -0.2) is 0 Å². The van der Waals surface area contributed by atoms with Crippen LogP contribution < -0.4 is 0 Å². The Morgan fingerprint density at radius 1 is 1.50 bits per heavy atom. The molecule has 0 fully saturated rings. The Morgan fingerprint density at radius 3 is 2.56 bits per heavy atom. The normalized spacial score (nSPS) is 9.81. The van der Waals surface area contributed by atoms with Crippen molar-refractivity contribution in [3.8, 4) is 0 Å². The van der Waals surface area contributed by atoms with Crippen molar-refractivity contribution in [2.45, 2.75) is 13.5 Å². The number of carbonyl (C=O) groups is 1. The summed E-state index contributed by atoms with van der Waals surface area (Å²) < 4.78 is 1.73. The first-order chi connectivity index (χ1) is 7.72. The van der Waals surface area contributed by atoms with E-state index in [1.807, 2.05) is 6.92 Å². The fourth-order valence-corrected chi connectivity index (χ4v) is 1.38. The molecule has 0 N–H and O–H groups in total. The van der Waals surface area contributed by atoms with Crippen molar-refractivity contribution in [2.24, 2.45) is 0 Å². The van der Waals surface area contributed by atoms with Gasteiger partial charge in [0.1, 0.15) is 0 Å². The summed E-state index contributed by atoms with van der Waals surface area (Å²) in [4.78, 5) is 13.7. The zero-order chi connectivity index (χ0) is 12.0. The maximum Gasteiger partial charge on any atom is 0.257 e. The maximum absolute atomic E-state index is 12.0. The van der Waals surface area contributed by atoms with Crippen molar-refractivity contribution in [1.29, 1.82) is 0 Å². The molecule has 0 radical (unpaired) electrons. The van der Waals surface area contributed by atoms with Gasteiger partial charge < -0.3 is 4.90 Å². The van der Waals surface area contributed by atoms with Crippen LogP contribution in [-0.4, -0.2) is 33.7 Å². The third-order valence-corrected chi connectivity index (χ3v) is 2.19. The molecule has 1 aromatic rings. The monoisotopic (exact) mass is 219 g/mol. The van der Waals surface area contributed by atoms with Crippen LogP contribution in [0.1, 0.15) is 17.3 Å². The zero-order valence-corrected chi connectivity index (χ0v) is 9.59. The van der Waals surface area contributed by atoms with E-state index in [1.54, 1.807) is 34.1 Å². The van der Waals surface area contributed by atoms with E-state index in [2.05, 4.69) is 18.3 Å². The third kappa shape index (κ3) is 2.82. The Hall–Kier alpha value is -1.84. The number of hydrogen-bond donors (Lipinski definition) is 0. The molecule has 0 bridgehead atoms. The van der Waals surface area contributed by atoms with Crippen LogP contribution >= 0.6 is 0 Å². The topological polar surface area (TPSA) is 38.1 Å². The summed E-state index contributed by atoms with van der Waals surface area (Å²) in [5.41, 5.74) is 0.602. The van der Waals surface area contributed by atoms with Gasteiger partial charge >= 0.3 is 0 Å². The highest BCUT2D eigenvalue weighted by molar-refractivity contribution is 5.93. The molecule has 1 amide bonds. The molecule has 0 saturated carbocycles. The lowest BCUT2D eigenvalue weighted by Crippen LogP contribution is -2.31. The second-order valence-corrected chi connectivity index (χ2v) is 3.37. The summed E-state index contributed by atoms with van der Waals surface area (Å²) in [6.07, 6.45) is 6.74. The smallest absolute Gasteiger partial charge is 0.257 e. The molecule has 0 atom stereocenters. The van der Waals surface area contributed by atoms with E-state index < -0.39 is 0 Å². The molecule has 4 nitrogen and oxygen atoms in total. The molecule has 0 unspecified atom stereocenters. The Labute approximate surface area is 95.9 Å². The molecule has 16 heavy (non-hydrogen) atoms. The molecule has 0 spiro atoms.